The summed E-state index contributed by atoms with van der Waals surface area (Å²) in [4.78, 5) is 34.1. The Hall–Kier alpha value is -3.02. The molecule has 0 radical (unpaired) electrons. The lowest BCUT2D eigenvalue weighted by molar-refractivity contribution is -0.121. The highest BCUT2D eigenvalue weighted by Gasteiger charge is 2.19. The summed E-state index contributed by atoms with van der Waals surface area (Å²) in [5.41, 5.74) is 4.60. The average molecular weight is 376 g/mol. The molecule has 1 atom stereocenters. The normalized spacial score (nSPS) is 16.0. The van der Waals surface area contributed by atoms with Crippen LogP contribution in [-0.2, 0) is 30.7 Å². The molecule has 2 heterocycles. The first-order valence-corrected chi connectivity index (χ1v) is 9.70. The predicted octanol–water partition coefficient (Wildman–Crippen LogP) is 2.54. The van der Waals surface area contributed by atoms with E-state index in [1.807, 2.05) is 37.3 Å². The van der Waals surface area contributed by atoms with Crippen molar-refractivity contribution in [2.24, 2.45) is 5.92 Å². The summed E-state index contributed by atoms with van der Waals surface area (Å²) in [6.45, 7) is 4.61. The summed E-state index contributed by atoms with van der Waals surface area (Å²) >= 11 is 0. The van der Waals surface area contributed by atoms with Crippen molar-refractivity contribution in [3.8, 4) is 0 Å². The summed E-state index contributed by atoms with van der Waals surface area (Å²) in [6.07, 6.45) is 4.40. The van der Waals surface area contributed by atoms with Crippen molar-refractivity contribution in [3.63, 3.8) is 0 Å². The van der Waals surface area contributed by atoms with Crippen molar-refractivity contribution in [3.05, 3.63) is 69.4 Å². The van der Waals surface area contributed by atoms with Gasteiger partial charge >= 0.3 is 0 Å². The van der Waals surface area contributed by atoms with Gasteiger partial charge in [0.2, 0.25) is 5.91 Å². The van der Waals surface area contributed by atoms with Gasteiger partial charge in [-0.15, -0.1) is 0 Å². The van der Waals surface area contributed by atoms with E-state index in [2.05, 4.69) is 22.2 Å². The Balaban J connectivity index is 1.53. The lowest BCUT2D eigenvalue weighted by Gasteiger charge is -2.20. The van der Waals surface area contributed by atoms with Crippen LogP contribution in [0.5, 0.6) is 0 Å². The van der Waals surface area contributed by atoms with Crippen LogP contribution in [0.4, 0.5) is 0 Å². The third-order valence-corrected chi connectivity index (χ3v) is 5.31. The zero-order chi connectivity index (χ0) is 19.7. The largest absolute Gasteiger partial charge is 0.350 e. The van der Waals surface area contributed by atoms with Crippen molar-refractivity contribution >= 4 is 16.9 Å². The van der Waals surface area contributed by atoms with Gasteiger partial charge in [-0.05, 0) is 49.3 Å². The average Bonchev–Trinajstić information content (AvgIpc) is 2.68. The number of benzene rings is 1. The molecule has 0 saturated heterocycles. The number of carbonyl (C=O) groups excluding carboxylic acids is 1. The zero-order valence-electron chi connectivity index (χ0n) is 16.2. The number of hydrogen-bond acceptors (Lipinski definition) is 4. The Morgan fingerprint density at radius 1 is 1.32 bits per heavy atom. The molecule has 28 heavy (non-hydrogen) atoms. The van der Waals surface area contributed by atoms with Gasteiger partial charge in [0.25, 0.3) is 5.56 Å². The Bertz CT molecular complexity index is 1100. The molecule has 3 aromatic rings. The van der Waals surface area contributed by atoms with Crippen LogP contribution < -0.4 is 10.9 Å². The number of aromatic nitrogens is 3. The number of aryl methyl sites for hydroxylation is 2. The number of hydrogen-bond donors (Lipinski definition) is 1. The number of nitrogens with one attached hydrogen (secondary N) is 1. The van der Waals surface area contributed by atoms with Crippen LogP contribution in [0.15, 0.2) is 41.5 Å². The van der Waals surface area contributed by atoms with E-state index in [1.54, 1.807) is 0 Å². The topological polar surface area (TPSA) is 76.9 Å². The first-order chi connectivity index (χ1) is 13.5. The molecule has 1 amide bonds. The fourth-order valence-corrected chi connectivity index (χ4v) is 3.77. The summed E-state index contributed by atoms with van der Waals surface area (Å²) in [7, 11) is 0. The van der Waals surface area contributed by atoms with E-state index in [0.717, 1.165) is 41.6 Å². The maximum absolute atomic E-state index is 12.9. The lowest BCUT2D eigenvalue weighted by Crippen LogP contribution is -2.32. The first-order valence-electron chi connectivity index (χ1n) is 9.70. The van der Waals surface area contributed by atoms with Crippen molar-refractivity contribution in [1.29, 1.82) is 0 Å². The minimum Gasteiger partial charge on any atom is -0.350 e. The number of amides is 1. The van der Waals surface area contributed by atoms with Gasteiger partial charge in [0.15, 0.2) is 5.65 Å². The molecule has 6 heteroatoms. The number of nitrogens with zero attached hydrogens (tertiary/aromatic N) is 3. The molecule has 2 aromatic heterocycles. The zero-order valence-corrected chi connectivity index (χ0v) is 16.2. The summed E-state index contributed by atoms with van der Waals surface area (Å²) in [6, 6.07) is 9.89. The highest BCUT2D eigenvalue weighted by Crippen LogP contribution is 2.25. The molecular weight excluding hydrogens is 352 g/mol. The molecule has 0 saturated carbocycles. The molecule has 4 rings (SSSR count). The summed E-state index contributed by atoms with van der Waals surface area (Å²) in [5.74, 6) is 0.377. The van der Waals surface area contributed by atoms with Crippen molar-refractivity contribution in [2.75, 3.05) is 0 Å². The van der Waals surface area contributed by atoms with Crippen LogP contribution in [0.25, 0.3) is 11.0 Å². The lowest BCUT2D eigenvalue weighted by atomic mass is 9.87. The Kier molecular flexibility index (Phi) is 4.94. The van der Waals surface area contributed by atoms with Gasteiger partial charge < -0.3 is 5.32 Å². The monoisotopic (exact) mass is 376 g/mol. The van der Waals surface area contributed by atoms with Crippen LogP contribution in [0.1, 0.15) is 35.7 Å². The third kappa shape index (κ3) is 3.81. The molecule has 1 aliphatic rings. The van der Waals surface area contributed by atoms with E-state index in [-0.39, 0.29) is 18.0 Å². The Morgan fingerprint density at radius 3 is 3.00 bits per heavy atom. The maximum Gasteiger partial charge on any atom is 0.263 e. The molecule has 0 unspecified atom stereocenters. The fourth-order valence-electron chi connectivity index (χ4n) is 3.77. The van der Waals surface area contributed by atoms with Gasteiger partial charge in [0.1, 0.15) is 12.9 Å². The van der Waals surface area contributed by atoms with E-state index >= 15 is 0 Å². The molecule has 0 fully saturated rings. The molecule has 0 spiro atoms. The summed E-state index contributed by atoms with van der Waals surface area (Å²) < 4.78 is 1.36. The van der Waals surface area contributed by atoms with Gasteiger partial charge in [-0.2, -0.15) is 0 Å². The number of rotatable bonds is 4. The Morgan fingerprint density at radius 2 is 2.18 bits per heavy atom. The van der Waals surface area contributed by atoms with Gasteiger partial charge in [-0.3, -0.25) is 14.2 Å². The van der Waals surface area contributed by atoms with Crippen LogP contribution in [0, 0.1) is 12.8 Å². The Labute approximate surface area is 163 Å². The van der Waals surface area contributed by atoms with Crippen molar-refractivity contribution < 1.29 is 4.79 Å². The maximum atomic E-state index is 12.9. The quantitative estimate of drug-likeness (QED) is 0.759. The molecule has 1 aromatic carbocycles. The van der Waals surface area contributed by atoms with Gasteiger partial charge in [-0.25, -0.2) is 9.97 Å². The number of carbonyl (C=O) groups is 1. The second-order valence-corrected chi connectivity index (χ2v) is 7.76. The molecule has 1 N–H and O–H groups in total. The van der Waals surface area contributed by atoms with E-state index in [9.17, 15) is 9.59 Å². The summed E-state index contributed by atoms with van der Waals surface area (Å²) in [5, 5.41) is 3.35. The smallest absolute Gasteiger partial charge is 0.263 e. The highest BCUT2D eigenvalue weighted by atomic mass is 16.2. The van der Waals surface area contributed by atoms with Gasteiger partial charge in [-0.1, -0.05) is 36.8 Å². The second kappa shape index (κ2) is 7.54. The molecular formula is C22H24N4O2. The van der Waals surface area contributed by atoms with Crippen molar-refractivity contribution in [2.45, 2.75) is 46.2 Å². The van der Waals surface area contributed by atoms with E-state index in [0.29, 0.717) is 23.5 Å². The third-order valence-electron chi connectivity index (χ3n) is 5.31. The minimum absolute atomic E-state index is 0.0545. The van der Waals surface area contributed by atoms with Crippen LogP contribution >= 0.6 is 0 Å². The van der Waals surface area contributed by atoms with Crippen molar-refractivity contribution in [1.82, 2.24) is 19.9 Å². The fraction of sp³-hybridized carbons (Fsp3) is 0.364. The number of fused-ring (bicyclic) bond motifs is 2. The van der Waals surface area contributed by atoms with Crippen LogP contribution in [0.3, 0.4) is 0 Å². The minimum atomic E-state index is -0.218. The molecule has 144 valence electrons. The van der Waals surface area contributed by atoms with E-state index in [4.69, 9.17) is 0 Å². The highest BCUT2D eigenvalue weighted by molar-refractivity contribution is 5.77. The SMILES string of the molecule is Cc1cccc(CNC(=O)Cn2cnc3nc4c(cc3c2=O)C[C@@H](C)CC4)c1. The standard InChI is InChI=1S/C22H24N4O2/c1-14-4-3-5-16(8-14)11-23-20(27)12-26-13-24-21-18(22(26)28)10-17-9-15(2)6-7-19(17)25-21/h3-5,8,10,13,15H,6-7,9,11-12H2,1-2H3,(H,23,27)/t15-/m0/s1. The number of pyridine rings is 1. The van der Waals surface area contributed by atoms with E-state index < -0.39 is 0 Å². The van der Waals surface area contributed by atoms with E-state index in [1.165, 1.54) is 10.9 Å². The van der Waals surface area contributed by atoms with Crippen LogP contribution in [0.2, 0.25) is 0 Å². The van der Waals surface area contributed by atoms with Gasteiger partial charge in [0.05, 0.1) is 5.39 Å². The van der Waals surface area contributed by atoms with Crippen LogP contribution in [-0.4, -0.2) is 20.4 Å². The molecule has 1 aliphatic carbocycles. The first kappa shape index (κ1) is 18.3. The second-order valence-electron chi connectivity index (χ2n) is 7.76. The predicted molar refractivity (Wildman–Crippen MR) is 108 cm³/mol. The molecule has 0 bridgehead atoms. The molecule has 6 nitrogen and oxygen atoms in total. The molecule has 0 aliphatic heterocycles. The van der Waals surface area contributed by atoms with Gasteiger partial charge in [0, 0.05) is 12.2 Å².